The number of aliphatic hydroxyl groups is 1. The molecule has 2 heterocycles. The number of piperidine rings is 1. The molecule has 0 unspecified atom stereocenters. The van der Waals surface area contributed by atoms with Crippen LogP contribution in [0.5, 0.6) is 5.75 Å². The van der Waals surface area contributed by atoms with E-state index in [1.165, 1.54) is 0 Å². The molecule has 0 spiro atoms. The van der Waals surface area contributed by atoms with Gasteiger partial charge in [0.1, 0.15) is 5.75 Å². The van der Waals surface area contributed by atoms with E-state index in [0.717, 1.165) is 53.8 Å². The molecule has 236 valence electrons. The van der Waals surface area contributed by atoms with Gasteiger partial charge in [0.25, 0.3) is 0 Å². The number of aliphatic hydroxyl groups excluding tert-OH is 1. The first-order chi connectivity index (χ1) is 20.9. The smallest absolute Gasteiger partial charge is 0.414 e. The van der Waals surface area contributed by atoms with Gasteiger partial charge in [-0.2, -0.15) is 0 Å². The zero-order valence-electron chi connectivity index (χ0n) is 23.8. The van der Waals surface area contributed by atoms with E-state index in [2.05, 4.69) is 20.5 Å². The van der Waals surface area contributed by atoms with Crippen molar-refractivity contribution in [3.63, 3.8) is 0 Å². The van der Waals surface area contributed by atoms with Crippen molar-refractivity contribution in [3.05, 3.63) is 66.4 Å². The van der Waals surface area contributed by atoms with Gasteiger partial charge in [0, 0.05) is 29.9 Å². The average molecular weight is 615 g/mol. The average Bonchev–Trinajstić information content (AvgIpc) is 3.01. The summed E-state index contributed by atoms with van der Waals surface area (Å²) in [6.07, 6.45) is 3.02. The van der Waals surface area contributed by atoms with Crippen molar-refractivity contribution < 1.29 is 54.2 Å². The lowest BCUT2D eigenvalue weighted by molar-refractivity contribution is -0.159. The van der Waals surface area contributed by atoms with E-state index >= 15 is 0 Å². The second-order valence-electron chi connectivity index (χ2n) is 9.39. The highest BCUT2D eigenvalue weighted by molar-refractivity contribution is 6.27. The van der Waals surface area contributed by atoms with Crippen molar-refractivity contribution in [1.82, 2.24) is 15.2 Å². The second kappa shape index (κ2) is 17.7. The highest BCUT2D eigenvalue weighted by Crippen LogP contribution is 2.27. The molecule has 1 atom stereocenters. The number of pyridine rings is 1. The van der Waals surface area contributed by atoms with E-state index in [4.69, 9.17) is 44.3 Å². The number of hydrogen-bond donors (Lipinski definition) is 7. The van der Waals surface area contributed by atoms with Gasteiger partial charge in [0.2, 0.25) is 5.91 Å². The molecular weight excluding hydrogens is 580 g/mol. The molecule has 15 nitrogen and oxygen atoms in total. The van der Waals surface area contributed by atoms with Crippen LogP contribution in [0, 0.1) is 0 Å². The normalized spacial score (nSPS) is 13.7. The molecule has 7 N–H and O–H groups in total. The number of anilines is 1. The summed E-state index contributed by atoms with van der Waals surface area (Å²) in [5.41, 5.74) is 2.52. The quantitative estimate of drug-likeness (QED) is 0.177. The number of nitrogens with zero attached hydrogens (tertiary/aromatic N) is 2. The number of amides is 1. The number of fused-ring (bicyclic) bond motifs is 1. The van der Waals surface area contributed by atoms with Gasteiger partial charge in [-0.15, -0.1) is 0 Å². The van der Waals surface area contributed by atoms with Gasteiger partial charge in [-0.05, 0) is 67.9 Å². The minimum absolute atomic E-state index is 0.0333. The standard InChI is InChI=1S/C25H30N4O3.2C2H2O4/c1-32-20-7-8-23-22(15-20)21(9-12-26-23)24(30)17-29-13-10-18(11-14-29)27-16-25(31)28-19-5-3-2-4-6-19;2*3-1(4)2(5)6/h2-9,12,15,18,24,27,30H,10-11,13-14,16-17H2,1H3,(H,28,31);2*(H,3,4)(H,5,6)/t24-;;/m0../s1. The first-order valence-corrected chi connectivity index (χ1v) is 13.2. The summed E-state index contributed by atoms with van der Waals surface area (Å²) in [5.74, 6) is -6.58. The number of nitrogens with one attached hydrogen (secondary N) is 2. The van der Waals surface area contributed by atoms with Crippen molar-refractivity contribution in [2.75, 3.05) is 38.6 Å². The summed E-state index contributed by atoms with van der Waals surface area (Å²) in [6, 6.07) is 17.4. The fourth-order valence-electron chi connectivity index (χ4n) is 4.19. The molecule has 4 rings (SSSR count). The van der Waals surface area contributed by atoms with Crippen LogP contribution in [0.25, 0.3) is 10.9 Å². The molecule has 1 aliphatic heterocycles. The number of β-amino-alcohol motifs (C(OH)–C–C–N with tert-alkyl or cyclic N) is 1. The van der Waals surface area contributed by atoms with Crippen molar-refractivity contribution in [2.24, 2.45) is 0 Å². The van der Waals surface area contributed by atoms with Gasteiger partial charge in [-0.1, -0.05) is 18.2 Å². The van der Waals surface area contributed by atoms with Crippen molar-refractivity contribution in [3.8, 4) is 5.75 Å². The Labute approximate surface area is 251 Å². The Morgan fingerprint density at radius 1 is 0.909 bits per heavy atom. The number of carboxylic acid groups (broad SMARTS) is 4. The van der Waals surface area contributed by atoms with Gasteiger partial charge >= 0.3 is 23.9 Å². The zero-order valence-corrected chi connectivity index (χ0v) is 23.8. The number of carboxylic acids is 4. The topological polar surface area (TPSA) is 236 Å². The van der Waals surface area contributed by atoms with Crippen molar-refractivity contribution in [1.29, 1.82) is 0 Å². The van der Waals surface area contributed by atoms with Crippen LogP contribution < -0.4 is 15.4 Å². The number of para-hydroxylation sites is 1. The summed E-state index contributed by atoms with van der Waals surface area (Å²) >= 11 is 0. The van der Waals surface area contributed by atoms with E-state index in [1.807, 2.05) is 54.6 Å². The number of carbonyl (C=O) groups is 5. The zero-order chi connectivity index (χ0) is 32.6. The van der Waals surface area contributed by atoms with Gasteiger partial charge < -0.3 is 45.8 Å². The molecule has 44 heavy (non-hydrogen) atoms. The van der Waals surface area contributed by atoms with E-state index in [1.54, 1.807) is 13.3 Å². The van der Waals surface area contributed by atoms with Crippen LogP contribution in [-0.4, -0.2) is 105 Å². The van der Waals surface area contributed by atoms with Gasteiger partial charge in [-0.25, -0.2) is 19.2 Å². The summed E-state index contributed by atoms with van der Waals surface area (Å²) < 4.78 is 5.34. The van der Waals surface area contributed by atoms with E-state index in [0.29, 0.717) is 19.1 Å². The number of ether oxygens (including phenoxy) is 1. The van der Waals surface area contributed by atoms with Crippen LogP contribution in [-0.2, 0) is 24.0 Å². The fourth-order valence-corrected chi connectivity index (χ4v) is 4.19. The summed E-state index contributed by atoms with van der Waals surface area (Å²) in [4.78, 5) is 55.2. The maximum absolute atomic E-state index is 12.1. The summed E-state index contributed by atoms with van der Waals surface area (Å²) in [5, 5.41) is 47.7. The molecular formula is C29H34N4O11. The number of methoxy groups -OCH3 is 1. The van der Waals surface area contributed by atoms with Gasteiger partial charge in [0.15, 0.2) is 0 Å². The molecule has 0 saturated carbocycles. The molecule has 1 fully saturated rings. The maximum Gasteiger partial charge on any atom is 0.414 e. The monoisotopic (exact) mass is 614 g/mol. The lowest BCUT2D eigenvalue weighted by Gasteiger charge is -2.33. The number of hydrogen-bond acceptors (Lipinski definition) is 10. The fraction of sp³-hybridized carbons (Fsp3) is 0.310. The first-order valence-electron chi connectivity index (χ1n) is 13.2. The molecule has 3 aromatic rings. The Kier molecular flexibility index (Phi) is 14.1. The third kappa shape index (κ3) is 12.0. The van der Waals surface area contributed by atoms with E-state index < -0.39 is 30.0 Å². The summed E-state index contributed by atoms with van der Waals surface area (Å²) in [6.45, 7) is 2.62. The van der Waals surface area contributed by atoms with Gasteiger partial charge in [0.05, 0.1) is 25.3 Å². The lowest BCUT2D eigenvalue weighted by Crippen LogP contribution is -2.45. The highest BCUT2D eigenvalue weighted by atomic mass is 16.5. The minimum Gasteiger partial charge on any atom is -0.497 e. The van der Waals surface area contributed by atoms with Crippen LogP contribution in [0.15, 0.2) is 60.8 Å². The Morgan fingerprint density at radius 3 is 2.05 bits per heavy atom. The summed E-state index contributed by atoms with van der Waals surface area (Å²) in [7, 11) is 1.64. The Bertz CT molecular complexity index is 1380. The molecule has 1 aliphatic rings. The van der Waals surface area contributed by atoms with Crippen LogP contribution >= 0.6 is 0 Å². The third-order valence-electron chi connectivity index (χ3n) is 6.33. The third-order valence-corrected chi connectivity index (χ3v) is 6.33. The predicted molar refractivity (Wildman–Crippen MR) is 156 cm³/mol. The van der Waals surface area contributed by atoms with Crippen LogP contribution in [0.4, 0.5) is 5.69 Å². The molecule has 0 radical (unpaired) electrons. The van der Waals surface area contributed by atoms with E-state index in [9.17, 15) is 9.90 Å². The molecule has 1 amide bonds. The van der Waals surface area contributed by atoms with Crippen molar-refractivity contribution >= 4 is 46.4 Å². The van der Waals surface area contributed by atoms with Crippen molar-refractivity contribution in [2.45, 2.75) is 25.0 Å². The second-order valence-corrected chi connectivity index (χ2v) is 9.39. The van der Waals surface area contributed by atoms with E-state index in [-0.39, 0.29) is 5.91 Å². The SMILES string of the molecule is COc1ccc2nccc([C@@H](O)CN3CCC(NCC(=O)Nc4ccccc4)CC3)c2c1.O=C(O)C(=O)O.O=C(O)C(=O)O. The largest absolute Gasteiger partial charge is 0.497 e. The molecule has 0 aliphatic carbocycles. The number of likely N-dealkylation sites (tertiary alicyclic amines) is 1. The molecule has 15 heteroatoms. The minimum atomic E-state index is -1.82. The number of rotatable bonds is 8. The molecule has 0 bridgehead atoms. The number of benzene rings is 2. The van der Waals surface area contributed by atoms with Crippen LogP contribution in [0.3, 0.4) is 0 Å². The molecule has 2 aromatic carbocycles. The Hall–Kier alpha value is -5.12. The lowest BCUT2D eigenvalue weighted by atomic mass is 10.0. The Balaban J connectivity index is 0.000000477. The van der Waals surface area contributed by atoms with Crippen LogP contribution in [0.2, 0.25) is 0 Å². The number of carbonyl (C=O) groups excluding carboxylic acids is 1. The predicted octanol–water partition coefficient (Wildman–Crippen LogP) is 1.28. The maximum atomic E-state index is 12.1. The molecule has 1 aromatic heterocycles. The van der Waals surface area contributed by atoms with Crippen LogP contribution in [0.1, 0.15) is 24.5 Å². The number of aliphatic carboxylic acids is 4. The number of aromatic nitrogens is 1. The Morgan fingerprint density at radius 2 is 1.50 bits per heavy atom. The van der Waals surface area contributed by atoms with Gasteiger partial charge in [-0.3, -0.25) is 9.78 Å². The molecule has 1 saturated heterocycles. The first kappa shape index (κ1) is 35.1. The highest BCUT2D eigenvalue weighted by Gasteiger charge is 2.23.